The fraction of sp³-hybridized carbons (Fsp3) is 0.250. The van der Waals surface area contributed by atoms with Gasteiger partial charge in [-0.25, -0.2) is 9.97 Å². The average molecular weight is 310 g/mol. The second-order valence-electron chi connectivity index (χ2n) is 5.55. The molecular formula is C16H18N6O. The fourth-order valence-corrected chi connectivity index (χ4v) is 2.08. The number of hydrogen-bond acceptors (Lipinski definition) is 5. The number of fused-ring (bicyclic) bond motifs is 1. The van der Waals surface area contributed by atoms with E-state index >= 15 is 0 Å². The summed E-state index contributed by atoms with van der Waals surface area (Å²) in [6.45, 7) is 4.35. The molecule has 1 amide bonds. The first kappa shape index (κ1) is 15.0. The van der Waals surface area contributed by atoms with E-state index in [-0.39, 0.29) is 11.8 Å². The summed E-state index contributed by atoms with van der Waals surface area (Å²) in [5.41, 5.74) is 2.59. The Hall–Kier alpha value is -2.96. The van der Waals surface area contributed by atoms with Crippen molar-refractivity contribution in [3.63, 3.8) is 0 Å². The van der Waals surface area contributed by atoms with Crippen LogP contribution in [0.1, 0.15) is 19.4 Å². The first-order chi connectivity index (χ1) is 11.1. The Bertz CT molecular complexity index is 809. The Morgan fingerprint density at radius 2 is 2.00 bits per heavy atom. The smallest absolute Gasteiger partial charge is 0.226 e. The van der Waals surface area contributed by atoms with Gasteiger partial charge in [0, 0.05) is 18.2 Å². The molecule has 0 saturated carbocycles. The van der Waals surface area contributed by atoms with Crippen molar-refractivity contribution in [1.29, 1.82) is 0 Å². The molecule has 3 aromatic rings. The van der Waals surface area contributed by atoms with Crippen molar-refractivity contribution < 1.29 is 4.79 Å². The van der Waals surface area contributed by atoms with E-state index in [0.29, 0.717) is 12.2 Å². The Morgan fingerprint density at radius 1 is 1.22 bits per heavy atom. The summed E-state index contributed by atoms with van der Waals surface area (Å²) in [5, 5.41) is 13.8. The summed E-state index contributed by atoms with van der Waals surface area (Å²) >= 11 is 0. The number of aromatic nitrogens is 4. The Balaban J connectivity index is 1.65. The molecule has 7 heteroatoms. The molecule has 0 aliphatic rings. The zero-order valence-corrected chi connectivity index (χ0v) is 13.0. The first-order valence-corrected chi connectivity index (χ1v) is 7.41. The van der Waals surface area contributed by atoms with Gasteiger partial charge < -0.3 is 10.6 Å². The van der Waals surface area contributed by atoms with E-state index in [2.05, 4.69) is 30.8 Å². The highest BCUT2D eigenvalue weighted by Gasteiger charge is 2.07. The Labute approximate surface area is 133 Å². The van der Waals surface area contributed by atoms with Gasteiger partial charge in [0.25, 0.3) is 0 Å². The molecule has 7 nitrogen and oxygen atoms in total. The normalized spacial score (nSPS) is 10.9. The van der Waals surface area contributed by atoms with E-state index in [1.165, 1.54) is 6.33 Å². The molecule has 0 aliphatic carbocycles. The van der Waals surface area contributed by atoms with Crippen LogP contribution in [-0.4, -0.2) is 26.1 Å². The summed E-state index contributed by atoms with van der Waals surface area (Å²) in [7, 11) is 0. The van der Waals surface area contributed by atoms with Gasteiger partial charge in [-0.2, -0.15) is 5.10 Å². The van der Waals surface area contributed by atoms with Crippen LogP contribution in [0, 0.1) is 5.92 Å². The first-order valence-electron chi connectivity index (χ1n) is 7.41. The van der Waals surface area contributed by atoms with Gasteiger partial charge in [-0.05, 0) is 17.7 Å². The van der Waals surface area contributed by atoms with Crippen LogP contribution >= 0.6 is 0 Å². The number of benzene rings is 1. The molecule has 23 heavy (non-hydrogen) atoms. The zero-order chi connectivity index (χ0) is 16.2. The third-order valence-electron chi connectivity index (χ3n) is 3.45. The number of H-pyrrole nitrogens is 1. The topological polar surface area (TPSA) is 95.6 Å². The van der Waals surface area contributed by atoms with Crippen LogP contribution < -0.4 is 10.6 Å². The maximum absolute atomic E-state index is 11.7. The lowest BCUT2D eigenvalue weighted by Gasteiger charge is -2.09. The summed E-state index contributed by atoms with van der Waals surface area (Å²) in [5.74, 6) is 0.714. The maximum atomic E-state index is 11.7. The molecule has 0 aliphatic heterocycles. The second-order valence-corrected chi connectivity index (χ2v) is 5.55. The SMILES string of the molecule is CC(C)C(=O)Nc1ccc(CNc2ncnc3[nH]ncc23)cc1. The zero-order valence-electron chi connectivity index (χ0n) is 13.0. The van der Waals surface area contributed by atoms with Crippen molar-refractivity contribution in [1.82, 2.24) is 20.2 Å². The number of rotatable bonds is 5. The Kier molecular flexibility index (Phi) is 4.18. The van der Waals surface area contributed by atoms with Crippen LogP contribution in [0.3, 0.4) is 0 Å². The van der Waals surface area contributed by atoms with Gasteiger partial charge in [0.15, 0.2) is 5.65 Å². The van der Waals surface area contributed by atoms with Crippen LogP contribution in [0.15, 0.2) is 36.8 Å². The molecule has 3 N–H and O–H groups in total. The van der Waals surface area contributed by atoms with Crippen LogP contribution in [0.2, 0.25) is 0 Å². The van der Waals surface area contributed by atoms with Crippen molar-refractivity contribution >= 4 is 28.4 Å². The molecule has 2 heterocycles. The van der Waals surface area contributed by atoms with Crippen LogP contribution in [0.5, 0.6) is 0 Å². The van der Waals surface area contributed by atoms with E-state index < -0.39 is 0 Å². The molecular weight excluding hydrogens is 292 g/mol. The summed E-state index contributed by atoms with van der Waals surface area (Å²) in [6.07, 6.45) is 3.19. The number of nitrogens with zero attached hydrogens (tertiary/aromatic N) is 3. The van der Waals surface area contributed by atoms with E-state index in [0.717, 1.165) is 22.5 Å². The van der Waals surface area contributed by atoms with Crippen molar-refractivity contribution in [3.8, 4) is 0 Å². The number of anilines is 2. The number of hydrogen-bond donors (Lipinski definition) is 3. The van der Waals surface area contributed by atoms with E-state index in [1.807, 2.05) is 38.1 Å². The molecule has 0 bridgehead atoms. The van der Waals surface area contributed by atoms with Gasteiger partial charge in [0.2, 0.25) is 5.91 Å². The molecule has 1 aromatic carbocycles. The Morgan fingerprint density at radius 3 is 2.74 bits per heavy atom. The standard InChI is InChI=1S/C16H18N6O/c1-10(2)16(23)21-12-5-3-11(4-6-12)7-17-14-13-8-20-22-15(13)19-9-18-14/h3-6,8-10H,7H2,1-2H3,(H,21,23)(H2,17,18,19,20,22). The molecule has 118 valence electrons. The fourth-order valence-electron chi connectivity index (χ4n) is 2.08. The lowest BCUT2D eigenvalue weighted by molar-refractivity contribution is -0.118. The van der Waals surface area contributed by atoms with Gasteiger partial charge in [-0.1, -0.05) is 26.0 Å². The van der Waals surface area contributed by atoms with Crippen LogP contribution in [-0.2, 0) is 11.3 Å². The maximum Gasteiger partial charge on any atom is 0.226 e. The van der Waals surface area contributed by atoms with Crippen molar-refractivity contribution in [2.75, 3.05) is 10.6 Å². The highest BCUT2D eigenvalue weighted by atomic mass is 16.1. The van der Waals surface area contributed by atoms with Crippen molar-refractivity contribution in [2.45, 2.75) is 20.4 Å². The van der Waals surface area contributed by atoms with Gasteiger partial charge in [0.1, 0.15) is 12.1 Å². The lowest BCUT2D eigenvalue weighted by Crippen LogP contribution is -2.17. The summed E-state index contributed by atoms with van der Waals surface area (Å²) in [6, 6.07) is 7.73. The molecule has 2 aromatic heterocycles. The highest BCUT2D eigenvalue weighted by Crippen LogP contribution is 2.17. The average Bonchev–Trinajstić information content (AvgIpc) is 3.03. The number of amides is 1. The molecule has 0 radical (unpaired) electrons. The highest BCUT2D eigenvalue weighted by molar-refractivity contribution is 5.92. The molecule has 0 unspecified atom stereocenters. The predicted octanol–water partition coefficient (Wildman–Crippen LogP) is 2.56. The number of nitrogens with one attached hydrogen (secondary N) is 3. The largest absolute Gasteiger partial charge is 0.365 e. The summed E-state index contributed by atoms with van der Waals surface area (Å²) < 4.78 is 0. The van der Waals surface area contributed by atoms with E-state index in [9.17, 15) is 4.79 Å². The molecule has 3 rings (SSSR count). The van der Waals surface area contributed by atoms with Gasteiger partial charge in [-0.15, -0.1) is 0 Å². The minimum atomic E-state index is -0.0357. The quantitative estimate of drug-likeness (QED) is 0.673. The third-order valence-corrected chi connectivity index (χ3v) is 3.45. The molecule has 0 atom stereocenters. The number of carbonyl (C=O) groups excluding carboxylic acids is 1. The lowest BCUT2D eigenvalue weighted by atomic mass is 10.1. The van der Waals surface area contributed by atoms with Gasteiger partial charge in [0.05, 0.1) is 11.6 Å². The molecule has 0 spiro atoms. The van der Waals surface area contributed by atoms with Gasteiger partial charge >= 0.3 is 0 Å². The molecule has 0 fully saturated rings. The minimum absolute atomic E-state index is 0.0132. The van der Waals surface area contributed by atoms with Crippen LogP contribution in [0.4, 0.5) is 11.5 Å². The molecule has 0 saturated heterocycles. The number of carbonyl (C=O) groups is 1. The van der Waals surface area contributed by atoms with Gasteiger partial charge in [-0.3, -0.25) is 9.89 Å². The monoisotopic (exact) mass is 310 g/mol. The van der Waals surface area contributed by atoms with Crippen molar-refractivity contribution in [2.24, 2.45) is 5.92 Å². The number of aromatic amines is 1. The van der Waals surface area contributed by atoms with E-state index in [4.69, 9.17) is 0 Å². The second kappa shape index (κ2) is 6.43. The van der Waals surface area contributed by atoms with Crippen molar-refractivity contribution in [3.05, 3.63) is 42.4 Å². The minimum Gasteiger partial charge on any atom is -0.365 e. The predicted molar refractivity (Wildman–Crippen MR) is 88.9 cm³/mol. The summed E-state index contributed by atoms with van der Waals surface area (Å²) in [4.78, 5) is 20.0. The third kappa shape index (κ3) is 3.45. The van der Waals surface area contributed by atoms with Crippen LogP contribution in [0.25, 0.3) is 11.0 Å². The van der Waals surface area contributed by atoms with E-state index in [1.54, 1.807) is 6.20 Å².